The number of alkyl halides is 3. The highest BCUT2D eigenvalue weighted by Gasteiger charge is 2.35. The van der Waals surface area contributed by atoms with Crippen LogP contribution < -0.4 is 5.32 Å². The molecule has 0 bridgehead atoms. The number of rotatable bonds is 3. The van der Waals surface area contributed by atoms with Gasteiger partial charge in [0.2, 0.25) is 0 Å². The number of benzene rings is 1. The summed E-state index contributed by atoms with van der Waals surface area (Å²) in [5.41, 5.74) is -2.57. The smallest absolute Gasteiger partial charge is 0.317 e. The van der Waals surface area contributed by atoms with Gasteiger partial charge in [0.15, 0.2) is 0 Å². The second-order valence-electron chi connectivity index (χ2n) is 2.71. The maximum Gasteiger partial charge on any atom is 0.418 e. The minimum Gasteiger partial charge on any atom is -0.317 e. The summed E-state index contributed by atoms with van der Waals surface area (Å²) in [7, 11) is 0. The summed E-state index contributed by atoms with van der Waals surface area (Å²) in [6, 6.07) is 2.00. The number of halogens is 3. The summed E-state index contributed by atoms with van der Waals surface area (Å²) in [6.07, 6.45) is -3.71. The van der Waals surface area contributed by atoms with Crippen molar-refractivity contribution in [3.63, 3.8) is 0 Å². The molecule has 0 aliphatic rings. The van der Waals surface area contributed by atoms with Crippen LogP contribution in [0.5, 0.6) is 0 Å². The van der Waals surface area contributed by atoms with E-state index in [-0.39, 0.29) is 0 Å². The molecular weight excluding hydrogens is 229 g/mol. The number of nitro benzene ring substituents is 1. The van der Waals surface area contributed by atoms with E-state index in [1.54, 1.807) is 5.32 Å². The number of amides is 1. The van der Waals surface area contributed by atoms with Crippen LogP contribution in [0.4, 0.5) is 24.5 Å². The number of nitrogens with one attached hydrogen (secondary N) is 1. The first kappa shape index (κ1) is 12.0. The molecule has 85 valence electrons. The average Bonchev–Trinajstić information content (AvgIpc) is 2.16. The highest BCUT2D eigenvalue weighted by Crippen LogP contribution is 2.36. The Hall–Kier alpha value is -2.12. The van der Waals surface area contributed by atoms with E-state index in [2.05, 4.69) is 0 Å². The minimum atomic E-state index is -4.79. The Morgan fingerprint density at radius 1 is 1.38 bits per heavy atom. The Morgan fingerprint density at radius 2 is 2.00 bits per heavy atom. The van der Waals surface area contributed by atoms with Crippen molar-refractivity contribution in [2.24, 2.45) is 0 Å². The maximum absolute atomic E-state index is 12.4. The summed E-state index contributed by atoms with van der Waals surface area (Å²) in [4.78, 5) is 19.3. The summed E-state index contributed by atoms with van der Waals surface area (Å²) in [5.74, 6) is 0. The lowest BCUT2D eigenvalue weighted by molar-refractivity contribution is -0.385. The first-order valence-corrected chi connectivity index (χ1v) is 3.85. The fourth-order valence-corrected chi connectivity index (χ4v) is 1.04. The Balaban J connectivity index is 3.32. The molecule has 0 fully saturated rings. The van der Waals surface area contributed by atoms with Gasteiger partial charge < -0.3 is 5.32 Å². The Bertz CT molecular complexity index is 431. The van der Waals surface area contributed by atoms with E-state index < -0.39 is 28.0 Å². The van der Waals surface area contributed by atoms with Crippen molar-refractivity contribution in [2.45, 2.75) is 6.18 Å². The number of hydrogen-bond acceptors (Lipinski definition) is 3. The summed E-state index contributed by atoms with van der Waals surface area (Å²) in [5, 5.41) is 12.0. The molecule has 0 heterocycles. The lowest BCUT2D eigenvalue weighted by Crippen LogP contribution is -2.10. The van der Waals surface area contributed by atoms with E-state index >= 15 is 0 Å². The van der Waals surface area contributed by atoms with Crippen molar-refractivity contribution < 1.29 is 22.9 Å². The van der Waals surface area contributed by atoms with Crippen LogP contribution in [0.3, 0.4) is 0 Å². The van der Waals surface area contributed by atoms with E-state index in [1.807, 2.05) is 0 Å². The van der Waals surface area contributed by atoms with Crippen LogP contribution in [-0.4, -0.2) is 11.3 Å². The van der Waals surface area contributed by atoms with Gasteiger partial charge in [-0.1, -0.05) is 0 Å². The standard InChI is InChI=1S/C8H4F3N2O3/c9-8(10,11)6-3-5(13(15)16)1-2-7(6)12-4-14/h1-3H,(H,12,14). The molecule has 1 rings (SSSR count). The van der Waals surface area contributed by atoms with Gasteiger partial charge in [-0.15, -0.1) is 0 Å². The molecule has 5 nitrogen and oxygen atoms in total. The van der Waals surface area contributed by atoms with Crippen LogP contribution >= 0.6 is 0 Å². The lowest BCUT2D eigenvalue weighted by atomic mass is 10.1. The van der Waals surface area contributed by atoms with Gasteiger partial charge in [-0.3, -0.25) is 14.9 Å². The summed E-state index contributed by atoms with van der Waals surface area (Å²) >= 11 is 0. The van der Waals surface area contributed by atoms with Crippen LogP contribution in [0.1, 0.15) is 5.56 Å². The number of nitro groups is 1. The van der Waals surface area contributed by atoms with Gasteiger partial charge in [0.05, 0.1) is 16.2 Å². The molecular formula is C8H4F3N2O3. The molecule has 1 radical (unpaired) electrons. The molecule has 0 saturated heterocycles. The zero-order chi connectivity index (χ0) is 12.3. The van der Waals surface area contributed by atoms with Crippen molar-refractivity contribution in [3.8, 4) is 0 Å². The van der Waals surface area contributed by atoms with E-state index in [4.69, 9.17) is 0 Å². The molecule has 1 N–H and O–H groups in total. The Labute approximate surface area is 87.0 Å². The van der Waals surface area contributed by atoms with Gasteiger partial charge in [0.1, 0.15) is 0 Å². The van der Waals surface area contributed by atoms with Gasteiger partial charge in [0.25, 0.3) is 5.69 Å². The number of non-ortho nitro benzene ring substituents is 1. The molecule has 0 aliphatic heterocycles. The topological polar surface area (TPSA) is 72.2 Å². The van der Waals surface area contributed by atoms with E-state index in [1.165, 1.54) is 0 Å². The largest absolute Gasteiger partial charge is 0.418 e. The minimum absolute atomic E-state index is 0.347. The molecule has 1 aromatic rings. The number of hydrogen-bond donors (Lipinski definition) is 1. The third kappa shape index (κ3) is 2.47. The molecule has 0 aromatic heterocycles. The van der Waals surface area contributed by atoms with E-state index in [0.717, 1.165) is 18.5 Å². The molecule has 0 unspecified atom stereocenters. The zero-order valence-corrected chi connectivity index (χ0v) is 7.54. The van der Waals surface area contributed by atoms with Crippen molar-refractivity contribution in [1.29, 1.82) is 0 Å². The predicted molar refractivity (Wildman–Crippen MR) is 47.4 cm³/mol. The molecule has 1 amide bonds. The van der Waals surface area contributed by atoms with Gasteiger partial charge in [-0.25, -0.2) is 0 Å². The van der Waals surface area contributed by atoms with Gasteiger partial charge >= 0.3 is 12.6 Å². The fraction of sp³-hybridized carbons (Fsp3) is 0.125. The first-order chi connectivity index (χ1) is 7.36. The average molecular weight is 233 g/mol. The number of anilines is 1. The lowest BCUT2D eigenvalue weighted by Gasteiger charge is -2.10. The molecule has 16 heavy (non-hydrogen) atoms. The fourth-order valence-electron chi connectivity index (χ4n) is 1.04. The second-order valence-corrected chi connectivity index (χ2v) is 2.71. The summed E-state index contributed by atoms with van der Waals surface area (Å²) in [6.45, 7) is 0. The Kier molecular flexibility index (Phi) is 3.11. The van der Waals surface area contributed by atoms with Crippen molar-refractivity contribution >= 4 is 17.8 Å². The third-order valence-electron chi connectivity index (χ3n) is 1.71. The zero-order valence-electron chi connectivity index (χ0n) is 7.54. The Morgan fingerprint density at radius 3 is 2.44 bits per heavy atom. The maximum atomic E-state index is 12.4. The van der Waals surface area contributed by atoms with Crippen molar-refractivity contribution in [1.82, 2.24) is 0 Å². The third-order valence-corrected chi connectivity index (χ3v) is 1.71. The second kappa shape index (κ2) is 4.17. The highest BCUT2D eigenvalue weighted by atomic mass is 19.4. The first-order valence-electron chi connectivity index (χ1n) is 3.85. The monoisotopic (exact) mass is 233 g/mol. The molecule has 8 heteroatoms. The van der Waals surface area contributed by atoms with Gasteiger partial charge in [-0.2, -0.15) is 13.2 Å². The van der Waals surface area contributed by atoms with Crippen LogP contribution in [-0.2, 0) is 11.0 Å². The predicted octanol–water partition coefficient (Wildman–Crippen LogP) is 2.09. The van der Waals surface area contributed by atoms with Gasteiger partial charge in [-0.05, 0) is 6.07 Å². The SMILES string of the molecule is O=[C]Nc1ccc([N+](=O)[O-])cc1C(F)(F)F. The number of carbonyl (C=O) groups excluding carboxylic acids is 1. The van der Waals surface area contributed by atoms with Crippen LogP contribution in [0.25, 0.3) is 0 Å². The van der Waals surface area contributed by atoms with Crippen LogP contribution in [0, 0.1) is 10.1 Å². The molecule has 0 aliphatic carbocycles. The number of nitrogens with zero attached hydrogens (tertiary/aromatic N) is 1. The molecule has 0 atom stereocenters. The van der Waals surface area contributed by atoms with Crippen molar-refractivity contribution in [3.05, 3.63) is 33.9 Å². The highest BCUT2D eigenvalue weighted by molar-refractivity contribution is 5.75. The van der Waals surface area contributed by atoms with E-state index in [0.29, 0.717) is 6.07 Å². The van der Waals surface area contributed by atoms with Crippen molar-refractivity contribution in [2.75, 3.05) is 5.32 Å². The normalized spacial score (nSPS) is 10.9. The molecule has 0 saturated carbocycles. The van der Waals surface area contributed by atoms with Crippen LogP contribution in [0.15, 0.2) is 18.2 Å². The molecule has 0 spiro atoms. The van der Waals surface area contributed by atoms with Crippen LogP contribution in [0.2, 0.25) is 0 Å². The van der Waals surface area contributed by atoms with E-state index in [9.17, 15) is 28.1 Å². The quantitative estimate of drug-likeness (QED) is 0.493. The van der Waals surface area contributed by atoms with Gasteiger partial charge in [0, 0.05) is 12.1 Å². The summed E-state index contributed by atoms with van der Waals surface area (Å²) < 4.78 is 37.3. The molecule has 1 aromatic carbocycles.